The van der Waals surface area contributed by atoms with Gasteiger partial charge in [-0.1, -0.05) is 24.3 Å². The average molecular weight is 569 g/mol. The predicted molar refractivity (Wildman–Crippen MR) is 109 cm³/mol. The topological polar surface area (TPSA) is 264 Å². The van der Waals surface area contributed by atoms with Crippen LogP contribution in [0.15, 0.2) is 48.5 Å². The molecule has 174 valence electrons. The van der Waals surface area contributed by atoms with Gasteiger partial charge in [0.25, 0.3) is 0 Å². The molecule has 2 rings (SSSR count). The molecule has 0 amide bonds. The fourth-order valence-corrected chi connectivity index (χ4v) is 1.34. The van der Waals surface area contributed by atoms with E-state index in [-0.39, 0.29) is 103 Å². The maximum atomic E-state index is 8.74. The van der Waals surface area contributed by atoms with E-state index >= 15 is 0 Å². The zero-order chi connectivity index (χ0) is 24.5. The molecule has 32 heavy (non-hydrogen) atoms. The van der Waals surface area contributed by atoms with Gasteiger partial charge in [0.05, 0.1) is 0 Å². The minimum Gasteiger partial charge on any atom is -0.784 e. The van der Waals surface area contributed by atoms with Gasteiger partial charge in [-0.25, -0.2) is 0 Å². The molecule has 0 fully saturated rings. The first-order chi connectivity index (χ1) is 13.3. The normalized spacial score (nSPS) is 9.28. The van der Waals surface area contributed by atoms with Crippen LogP contribution in [0.4, 0.5) is 11.4 Å². The van der Waals surface area contributed by atoms with Gasteiger partial charge in [0.2, 0.25) is 0 Å². The number of hydrogen-bond donors (Lipinski definition) is 6. The molecule has 0 radical (unpaired) electrons. The van der Waals surface area contributed by atoms with Crippen LogP contribution >= 0.6 is 0 Å². The Morgan fingerprint density at radius 3 is 1.00 bits per heavy atom. The van der Waals surface area contributed by atoms with Gasteiger partial charge in [-0.2, -0.15) is 16.8 Å². The van der Waals surface area contributed by atoms with Gasteiger partial charge >= 0.3 is 124 Å². The Morgan fingerprint density at radius 2 is 0.906 bits per heavy atom. The summed E-state index contributed by atoms with van der Waals surface area (Å²) in [5.74, 6) is 0. The van der Waals surface area contributed by atoms with Crippen molar-refractivity contribution in [3.05, 3.63) is 59.7 Å². The van der Waals surface area contributed by atoms with Crippen molar-refractivity contribution in [1.82, 2.24) is 0 Å². The second kappa shape index (κ2) is 23.8. The predicted octanol–water partition coefficient (Wildman–Crippen LogP) is -5.15. The minimum atomic E-state index is -4.67. The zero-order valence-corrected chi connectivity index (χ0v) is 26.3. The Kier molecular flexibility index (Phi) is 32.2. The molecule has 2 aromatic carbocycles. The summed E-state index contributed by atoms with van der Waals surface area (Å²) >= 11 is -3.11. The third-order valence-electron chi connectivity index (χ3n) is 2.08. The first kappa shape index (κ1) is 43.2. The van der Waals surface area contributed by atoms with E-state index in [1.54, 1.807) is 0 Å². The maximum Gasteiger partial charge on any atom is 1.00 e. The van der Waals surface area contributed by atoms with Crippen molar-refractivity contribution >= 4 is 43.5 Å². The second-order valence-electron chi connectivity index (χ2n) is 4.93. The third kappa shape index (κ3) is 63.3. The summed E-state index contributed by atoms with van der Waals surface area (Å²) in [6, 6.07) is 15.6. The minimum absolute atomic E-state index is 0. The van der Waals surface area contributed by atoms with Crippen LogP contribution in [-0.2, 0) is 32.2 Å². The fourth-order valence-electron chi connectivity index (χ4n) is 1.34. The number of rotatable bonds is 0. The van der Waals surface area contributed by atoms with Crippen LogP contribution in [0.1, 0.15) is 11.1 Å². The summed E-state index contributed by atoms with van der Waals surface area (Å²) in [7, 11) is -9.33. The molecule has 0 bridgehead atoms. The number of nitrogen functional groups attached to an aromatic ring is 2. The third-order valence-corrected chi connectivity index (χ3v) is 2.08. The second-order valence-corrected chi connectivity index (χ2v) is 7.13. The van der Waals surface area contributed by atoms with E-state index < -0.39 is 32.2 Å². The van der Waals surface area contributed by atoms with Crippen LogP contribution in [0.3, 0.4) is 0 Å². The zero-order valence-electron chi connectivity index (χ0n) is 17.6. The van der Waals surface area contributed by atoms with Crippen molar-refractivity contribution in [2.24, 2.45) is 0 Å². The molecule has 0 aliphatic heterocycles. The molecule has 2 aromatic rings. The molecular formula is C14H22K2N2O11S3. The van der Waals surface area contributed by atoms with E-state index in [0.717, 1.165) is 11.4 Å². The van der Waals surface area contributed by atoms with Gasteiger partial charge in [-0.15, -0.1) is 11.4 Å². The van der Waals surface area contributed by atoms with Crippen molar-refractivity contribution in [1.29, 1.82) is 0 Å². The standard InChI is InChI=1S/2C7H9N.2K.2H2O4S.H2O3S/c2*1-6-3-2-4-7(8)5-6;;;2*1-5(2,3)4;1-4(2)3/h2*2-5H,8H2,1H3;;;2*(H2,1,2,3,4);(H2,1,2,3)/q;;2*+1;;;/p-2. The molecule has 0 aliphatic rings. The average Bonchev–Trinajstić information content (AvgIpc) is 2.42. The molecule has 0 spiro atoms. The number of nitrogens with two attached hydrogens (primary N) is 2. The van der Waals surface area contributed by atoms with Gasteiger partial charge in [-0.05, 0) is 49.2 Å². The first-order valence-corrected chi connectivity index (χ1v) is 10.9. The van der Waals surface area contributed by atoms with E-state index in [1.807, 2.05) is 62.4 Å². The molecule has 18 heteroatoms. The van der Waals surface area contributed by atoms with E-state index in [2.05, 4.69) is 0 Å². The van der Waals surface area contributed by atoms with E-state index in [9.17, 15) is 0 Å². The Morgan fingerprint density at radius 1 is 0.719 bits per heavy atom. The molecule has 0 atom stereocenters. The van der Waals surface area contributed by atoms with Gasteiger partial charge in [0.1, 0.15) is 0 Å². The van der Waals surface area contributed by atoms with Crippen LogP contribution in [0.2, 0.25) is 0 Å². The van der Waals surface area contributed by atoms with Crippen molar-refractivity contribution < 1.29 is 151 Å². The summed E-state index contributed by atoms with van der Waals surface area (Å²) in [6.45, 7) is 4.05. The smallest absolute Gasteiger partial charge is 0.784 e. The summed E-state index contributed by atoms with van der Waals surface area (Å²) in [5.41, 5.74) is 15.0. The molecule has 13 nitrogen and oxygen atoms in total. The van der Waals surface area contributed by atoms with Gasteiger partial charge in [0, 0.05) is 11.4 Å². The summed E-state index contributed by atoms with van der Waals surface area (Å²) in [5, 5.41) is 0. The molecule has 0 aliphatic carbocycles. The molecule has 8 N–H and O–H groups in total. The SMILES string of the molecule is Cc1cccc(N)c1.Cc1cccc(N)c1.O=S(=O)(O)O.O=S(=O)(O)O.O=S([O-])[O-].[K+].[K+]. The molecule has 0 unspecified atom stereocenters. The molecule has 0 saturated heterocycles. The Hall–Kier alpha value is 1.12. The van der Waals surface area contributed by atoms with Crippen LogP contribution in [0.25, 0.3) is 0 Å². The Bertz CT molecular complexity index is 847. The number of aryl methyl sites for hydroxylation is 2. The maximum absolute atomic E-state index is 8.74. The van der Waals surface area contributed by atoms with E-state index in [4.69, 9.17) is 59.8 Å². The number of hydrogen-bond acceptors (Lipinski definition) is 9. The first-order valence-electron chi connectivity index (χ1n) is 7.12. The van der Waals surface area contributed by atoms with E-state index in [0.29, 0.717) is 0 Å². The largest absolute Gasteiger partial charge is 1.00 e. The van der Waals surface area contributed by atoms with Crippen molar-refractivity contribution in [2.45, 2.75) is 13.8 Å². The summed E-state index contributed by atoms with van der Waals surface area (Å²) in [6.07, 6.45) is 0. The Balaban J connectivity index is -0.0000000963. The van der Waals surface area contributed by atoms with Crippen molar-refractivity contribution in [3.63, 3.8) is 0 Å². The van der Waals surface area contributed by atoms with Crippen LogP contribution in [0.5, 0.6) is 0 Å². The molecule has 0 saturated carbocycles. The summed E-state index contributed by atoms with van der Waals surface area (Å²) in [4.78, 5) is 0. The monoisotopic (exact) mass is 568 g/mol. The molecule has 0 heterocycles. The number of benzene rings is 2. The Labute approximate surface area is 274 Å². The summed E-state index contributed by atoms with van der Waals surface area (Å²) < 4.78 is 88.5. The van der Waals surface area contributed by atoms with Gasteiger partial charge < -0.3 is 20.6 Å². The van der Waals surface area contributed by atoms with Crippen LogP contribution in [-0.4, -0.2) is 48.4 Å². The molecule has 0 aromatic heterocycles. The fraction of sp³-hybridized carbons (Fsp3) is 0.143. The molecular weight excluding hydrogens is 547 g/mol. The van der Waals surface area contributed by atoms with Crippen molar-refractivity contribution in [3.8, 4) is 0 Å². The van der Waals surface area contributed by atoms with Crippen LogP contribution < -0.4 is 114 Å². The van der Waals surface area contributed by atoms with E-state index in [1.165, 1.54) is 11.1 Å². The van der Waals surface area contributed by atoms with Gasteiger partial charge in [-0.3, -0.25) is 22.4 Å². The van der Waals surface area contributed by atoms with Gasteiger partial charge in [0.15, 0.2) is 0 Å². The van der Waals surface area contributed by atoms with Crippen molar-refractivity contribution in [2.75, 3.05) is 11.5 Å². The van der Waals surface area contributed by atoms with Crippen LogP contribution in [0, 0.1) is 13.8 Å². The quantitative estimate of drug-likeness (QED) is 0.0752. The number of anilines is 2.